The SMILES string of the molecule is [CH2]CC(C)OCCCCCCC. The Morgan fingerprint density at radius 1 is 1.17 bits per heavy atom. The van der Waals surface area contributed by atoms with E-state index in [4.69, 9.17) is 4.74 Å². The molecule has 0 saturated carbocycles. The third-order valence-electron chi connectivity index (χ3n) is 2.06. The molecule has 0 aliphatic heterocycles. The topological polar surface area (TPSA) is 9.23 Å². The Morgan fingerprint density at radius 2 is 1.83 bits per heavy atom. The standard InChI is InChI=1S/C11H23O/c1-4-6-7-8-9-10-12-11(3)5-2/h11H,2,4-10H2,1,3H3. The van der Waals surface area contributed by atoms with E-state index < -0.39 is 0 Å². The van der Waals surface area contributed by atoms with Gasteiger partial charge < -0.3 is 4.74 Å². The summed E-state index contributed by atoms with van der Waals surface area (Å²) in [4.78, 5) is 0. The van der Waals surface area contributed by atoms with Gasteiger partial charge in [-0.3, -0.25) is 0 Å². The van der Waals surface area contributed by atoms with Crippen LogP contribution in [0.2, 0.25) is 0 Å². The van der Waals surface area contributed by atoms with Crippen molar-refractivity contribution in [2.75, 3.05) is 6.61 Å². The molecule has 0 fully saturated rings. The number of hydrogen-bond donors (Lipinski definition) is 0. The van der Waals surface area contributed by atoms with E-state index in [9.17, 15) is 0 Å². The van der Waals surface area contributed by atoms with Crippen LogP contribution in [0.1, 0.15) is 52.4 Å². The molecule has 1 unspecified atom stereocenters. The van der Waals surface area contributed by atoms with Gasteiger partial charge in [0.05, 0.1) is 6.10 Å². The van der Waals surface area contributed by atoms with Gasteiger partial charge in [-0.05, 0) is 19.8 Å². The van der Waals surface area contributed by atoms with Gasteiger partial charge in [-0.2, -0.15) is 0 Å². The average molecular weight is 171 g/mol. The van der Waals surface area contributed by atoms with Crippen molar-refractivity contribution < 1.29 is 4.74 Å². The van der Waals surface area contributed by atoms with Crippen LogP contribution in [0.4, 0.5) is 0 Å². The molecule has 1 nitrogen and oxygen atoms in total. The van der Waals surface area contributed by atoms with Crippen molar-refractivity contribution in [1.29, 1.82) is 0 Å². The molecule has 73 valence electrons. The largest absolute Gasteiger partial charge is 0.379 e. The van der Waals surface area contributed by atoms with Gasteiger partial charge >= 0.3 is 0 Å². The van der Waals surface area contributed by atoms with Crippen LogP contribution >= 0.6 is 0 Å². The highest BCUT2D eigenvalue weighted by Crippen LogP contribution is 2.04. The van der Waals surface area contributed by atoms with Gasteiger partial charge in [0.1, 0.15) is 0 Å². The second-order valence-electron chi connectivity index (χ2n) is 3.38. The Labute approximate surface area is 77.5 Å². The van der Waals surface area contributed by atoms with Crippen LogP contribution in [0.5, 0.6) is 0 Å². The first-order valence-corrected chi connectivity index (χ1v) is 5.22. The zero-order valence-electron chi connectivity index (χ0n) is 8.64. The lowest BCUT2D eigenvalue weighted by Crippen LogP contribution is -2.07. The summed E-state index contributed by atoms with van der Waals surface area (Å²) in [6.07, 6.45) is 7.80. The molecule has 0 heterocycles. The summed E-state index contributed by atoms with van der Waals surface area (Å²) < 4.78 is 5.51. The quantitative estimate of drug-likeness (QED) is 0.507. The third-order valence-corrected chi connectivity index (χ3v) is 2.06. The van der Waals surface area contributed by atoms with Crippen LogP contribution in [-0.4, -0.2) is 12.7 Å². The molecule has 1 radical (unpaired) electrons. The predicted octanol–water partition coefficient (Wildman–Crippen LogP) is 3.59. The summed E-state index contributed by atoms with van der Waals surface area (Å²) in [7, 11) is 0. The fourth-order valence-corrected chi connectivity index (χ4v) is 1.07. The molecule has 0 aromatic rings. The van der Waals surface area contributed by atoms with E-state index in [0.29, 0.717) is 6.10 Å². The van der Waals surface area contributed by atoms with Crippen LogP contribution in [0.3, 0.4) is 0 Å². The molecule has 0 aliphatic rings. The molecule has 0 aliphatic carbocycles. The first-order valence-electron chi connectivity index (χ1n) is 5.22. The molecule has 12 heavy (non-hydrogen) atoms. The average Bonchev–Trinajstić information content (AvgIpc) is 2.10. The molecule has 1 atom stereocenters. The highest BCUT2D eigenvalue weighted by atomic mass is 16.5. The highest BCUT2D eigenvalue weighted by molar-refractivity contribution is 4.51. The summed E-state index contributed by atoms with van der Waals surface area (Å²) in [5.41, 5.74) is 0. The van der Waals surface area contributed by atoms with Gasteiger partial charge in [-0.25, -0.2) is 0 Å². The van der Waals surface area contributed by atoms with Gasteiger partial charge in [-0.15, -0.1) is 0 Å². The fraction of sp³-hybridized carbons (Fsp3) is 0.909. The van der Waals surface area contributed by atoms with E-state index in [1.54, 1.807) is 0 Å². The van der Waals surface area contributed by atoms with Crippen molar-refractivity contribution in [3.05, 3.63) is 6.92 Å². The Hall–Kier alpha value is -0.0400. The summed E-state index contributed by atoms with van der Waals surface area (Å²) >= 11 is 0. The van der Waals surface area contributed by atoms with Crippen molar-refractivity contribution >= 4 is 0 Å². The van der Waals surface area contributed by atoms with E-state index in [2.05, 4.69) is 20.8 Å². The van der Waals surface area contributed by atoms with Gasteiger partial charge in [0.25, 0.3) is 0 Å². The zero-order valence-corrected chi connectivity index (χ0v) is 8.64. The zero-order chi connectivity index (χ0) is 9.23. The molecular formula is C11H23O. The summed E-state index contributed by atoms with van der Waals surface area (Å²) in [6, 6.07) is 0. The summed E-state index contributed by atoms with van der Waals surface area (Å²) in [6.45, 7) is 9.03. The first-order chi connectivity index (χ1) is 5.81. The molecule has 0 N–H and O–H groups in total. The number of unbranched alkanes of at least 4 members (excludes halogenated alkanes) is 4. The molecular weight excluding hydrogens is 148 g/mol. The lowest BCUT2D eigenvalue weighted by atomic mass is 10.2. The minimum absolute atomic E-state index is 0.344. The molecule has 0 rings (SSSR count). The van der Waals surface area contributed by atoms with Gasteiger partial charge in [0.15, 0.2) is 0 Å². The van der Waals surface area contributed by atoms with Crippen molar-refractivity contribution in [2.45, 2.75) is 58.5 Å². The molecule has 0 amide bonds. The molecule has 1 heteroatoms. The maximum absolute atomic E-state index is 5.51. The van der Waals surface area contributed by atoms with Crippen LogP contribution in [-0.2, 0) is 4.74 Å². The van der Waals surface area contributed by atoms with Crippen molar-refractivity contribution in [1.82, 2.24) is 0 Å². The summed E-state index contributed by atoms with van der Waals surface area (Å²) in [5.74, 6) is 0. The minimum Gasteiger partial charge on any atom is -0.379 e. The van der Waals surface area contributed by atoms with Gasteiger partial charge in [-0.1, -0.05) is 39.5 Å². The predicted molar refractivity (Wildman–Crippen MR) is 54.1 cm³/mol. The lowest BCUT2D eigenvalue weighted by molar-refractivity contribution is 0.0648. The van der Waals surface area contributed by atoms with E-state index in [0.717, 1.165) is 13.0 Å². The van der Waals surface area contributed by atoms with Crippen LogP contribution in [0.25, 0.3) is 0 Å². The van der Waals surface area contributed by atoms with E-state index in [-0.39, 0.29) is 0 Å². The smallest absolute Gasteiger partial charge is 0.0547 e. The van der Waals surface area contributed by atoms with E-state index >= 15 is 0 Å². The first kappa shape index (κ1) is 12.0. The van der Waals surface area contributed by atoms with Crippen molar-refractivity contribution in [3.8, 4) is 0 Å². The number of ether oxygens (including phenoxy) is 1. The maximum Gasteiger partial charge on any atom is 0.0547 e. The molecule has 0 aromatic heterocycles. The van der Waals surface area contributed by atoms with E-state index in [1.807, 2.05) is 0 Å². The van der Waals surface area contributed by atoms with Crippen LogP contribution in [0.15, 0.2) is 0 Å². The Balaban J connectivity index is 2.90. The summed E-state index contributed by atoms with van der Waals surface area (Å²) in [5, 5.41) is 0. The van der Waals surface area contributed by atoms with Crippen molar-refractivity contribution in [2.24, 2.45) is 0 Å². The Kier molecular flexibility index (Phi) is 9.02. The van der Waals surface area contributed by atoms with Crippen LogP contribution in [0, 0.1) is 6.92 Å². The van der Waals surface area contributed by atoms with Gasteiger partial charge in [0.2, 0.25) is 0 Å². The third kappa shape index (κ3) is 8.06. The molecule has 0 saturated heterocycles. The second-order valence-corrected chi connectivity index (χ2v) is 3.38. The highest BCUT2D eigenvalue weighted by Gasteiger charge is 1.96. The fourth-order valence-electron chi connectivity index (χ4n) is 1.07. The normalized spacial score (nSPS) is 13.2. The van der Waals surface area contributed by atoms with E-state index in [1.165, 1.54) is 32.1 Å². The molecule has 0 bridgehead atoms. The van der Waals surface area contributed by atoms with Crippen molar-refractivity contribution in [3.63, 3.8) is 0 Å². The number of rotatable bonds is 8. The van der Waals surface area contributed by atoms with Gasteiger partial charge in [0, 0.05) is 6.61 Å². The molecule has 0 aromatic carbocycles. The monoisotopic (exact) mass is 171 g/mol. The Bertz CT molecular complexity index is 81.1. The maximum atomic E-state index is 5.51. The second kappa shape index (κ2) is 9.05. The minimum atomic E-state index is 0.344. The lowest BCUT2D eigenvalue weighted by Gasteiger charge is -2.09. The molecule has 0 spiro atoms. The Morgan fingerprint density at radius 3 is 2.42 bits per heavy atom. The number of hydrogen-bond acceptors (Lipinski definition) is 1. The van der Waals surface area contributed by atoms with Crippen LogP contribution < -0.4 is 0 Å².